The summed E-state index contributed by atoms with van der Waals surface area (Å²) in [5.74, 6) is -1.10. The fourth-order valence-corrected chi connectivity index (χ4v) is 2.35. The maximum Gasteiger partial charge on any atom is 0.317 e. The van der Waals surface area contributed by atoms with Crippen molar-refractivity contribution in [3.05, 3.63) is 34.9 Å². The zero-order valence-electron chi connectivity index (χ0n) is 11.0. The summed E-state index contributed by atoms with van der Waals surface area (Å²) >= 11 is 5.79. The van der Waals surface area contributed by atoms with Gasteiger partial charge in [0.2, 0.25) is 0 Å². The van der Waals surface area contributed by atoms with E-state index in [0.29, 0.717) is 37.5 Å². The summed E-state index contributed by atoms with van der Waals surface area (Å²) in [5, 5.41) is 12.4. The van der Waals surface area contributed by atoms with Crippen molar-refractivity contribution in [2.75, 3.05) is 13.1 Å². The van der Waals surface area contributed by atoms with E-state index >= 15 is 0 Å². The number of carbonyl (C=O) groups is 2. The van der Waals surface area contributed by atoms with Crippen LogP contribution < -0.4 is 5.32 Å². The lowest BCUT2D eigenvalue weighted by Crippen LogP contribution is -2.45. The van der Waals surface area contributed by atoms with Gasteiger partial charge in [0.1, 0.15) is 0 Å². The van der Waals surface area contributed by atoms with Gasteiger partial charge < -0.3 is 15.3 Å². The van der Waals surface area contributed by atoms with Crippen LogP contribution in [0, 0.1) is 5.92 Å². The minimum atomic E-state index is -0.772. The second kappa shape index (κ2) is 6.61. The van der Waals surface area contributed by atoms with Gasteiger partial charge in [-0.25, -0.2) is 4.79 Å². The molecule has 108 valence electrons. The van der Waals surface area contributed by atoms with Crippen LogP contribution >= 0.6 is 11.6 Å². The van der Waals surface area contributed by atoms with Crippen molar-refractivity contribution in [1.82, 2.24) is 10.2 Å². The molecule has 0 spiro atoms. The molecule has 1 aliphatic heterocycles. The second-order valence-corrected chi connectivity index (χ2v) is 5.32. The first kappa shape index (κ1) is 14.7. The highest BCUT2D eigenvalue weighted by atomic mass is 35.5. The first-order valence-corrected chi connectivity index (χ1v) is 6.94. The Morgan fingerprint density at radius 2 is 1.85 bits per heavy atom. The predicted molar refractivity (Wildman–Crippen MR) is 75.6 cm³/mol. The Hall–Kier alpha value is -1.75. The lowest BCUT2D eigenvalue weighted by atomic mass is 9.97. The van der Waals surface area contributed by atoms with Crippen LogP contribution in [0.1, 0.15) is 18.4 Å². The third-order valence-corrected chi connectivity index (χ3v) is 3.74. The van der Waals surface area contributed by atoms with Gasteiger partial charge in [0.25, 0.3) is 0 Å². The van der Waals surface area contributed by atoms with Crippen LogP contribution in [0.3, 0.4) is 0 Å². The molecule has 0 aliphatic carbocycles. The molecule has 2 rings (SSSR count). The van der Waals surface area contributed by atoms with Gasteiger partial charge in [-0.2, -0.15) is 0 Å². The molecular weight excluding hydrogens is 280 g/mol. The maximum absolute atomic E-state index is 12.0. The van der Waals surface area contributed by atoms with Gasteiger partial charge in [0.05, 0.1) is 5.92 Å². The van der Waals surface area contributed by atoms with Gasteiger partial charge in [0, 0.05) is 24.7 Å². The highest BCUT2D eigenvalue weighted by Crippen LogP contribution is 2.17. The normalized spacial score (nSPS) is 15.9. The van der Waals surface area contributed by atoms with Crippen molar-refractivity contribution in [3.8, 4) is 0 Å². The molecular formula is C14H17ClN2O3. The fraction of sp³-hybridized carbons (Fsp3) is 0.429. The van der Waals surface area contributed by atoms with Crippen LogP contribution in [0.5, 0.6) is 0 Å². The third-order valence-electron chi connectivity index (χ3n) is 3.49. The van der Waals surface area contributed by atoms with Crippen molar-refractivity contribution in [2.45, 2.75) is 19.4 Å². The number of rotatable bonds is 3. The summed E-state index contributed by atoms with van der Waals surface area (Å²) in [6.07, 6.45) is 1.04. The topological polar surface area (TPSA) is 69.6 Å². The van der Waals surface area contributed by atoms with E-state index in [4.69, 9.17) is 16.7 Å². The molecule has 1 aromatic rings. The summed E-state index contributed by atoms with van der Waals surface area (Å²) in [4.78, 5) is 24.5. The Kier molecular flexibility index (Phi) is 4.84. The minimum absolute atomic E-state index is 0.149. The average Bonchev–Trinajstić information content (AvgIpc) is 2.46. The standard InChI is InChI=1S/C14H17ClN2O3/c15-12-3-1-10(2-4-12)9-16-14(20)17-7-5-11(6-8-17)13(18)19/h1-4,11H,5-9H2,(H,16,20)(H,18,19). The third kappa shape index (κ3) is 3.87. The highest BCUT2D eigenvalue weighted by Gasteiger charge is 2.26. The Bertz CT molecular complexity index is 482. The molecule has 5 nitrogen and oxygen atoms in total. The van der Waals surface area contributed by atoms with Gasteiger partial charge in [-0.05, 0) is 30.5 Å². The number of hydrogen-bond donors (Lipinski definition) is 2. The first-order chi connectivity index (χ1) is 9.56. The summed E-state index contributed by atoms with van der Waals surface area (Å²) in [6, 6.07) is 7.13. The summed E-state index contributed by atoms with van der Waals surface area (Å²) < 4.78 is 0. The van der Waals surface area contributed by atoms with Crippen LogP contribution in [0.4, 0.5) is 4.79 Å². The van der Waals surface area contributed by atoms with Crippen LogP contribution in [0.15, 0.2) is 24.3 Å². The van der Waals surface area contributed by atoms with Crippen molar-refractivity contribution < 1.29 is 14.7 Å². The van der Waals surface area contributed by atoms with Gasteiger partial charge in [-0.15, -0.1) is 0 Å². The summed E-state index contributed by atoms with van der Waals surface area (Å²) in [7, 11) is 0. The number of likely N-dealkylation sites (tertiary alicyclic amines) is 1. The first-order valence-electron chi connectivity index (χ1n) is 6.56. The Labute approximate surface area is 122 Å². The quantitative estimate of drug-likeness (QED) is 0.899. The zero-order chi connectivity index (χ0) is 14.5. The Morgan fingerprint density at radius 1 is 1.25 bits per heavy atom. The number of hydrogen-bond acceptors (Lipinski definition) is 2. The molecule has 1 aliphatic rings. The van der Waals surface area contributed by atoms with Crippen molar-refractivity contribution in [1.29, 1.82) is 0 Å². The average molecular weight is 297 g/mol. The molecule has 2 N–H and O–H groups in total. The number of urea groups is 1. The molecule has 0 aromatic heterocycles. The van der Waals surface area contributed by atoms with E-state index in [9.17, 15) is 9.59 Å². The highest BCUT2D eigenvalue weighted by molar-refractivity contribution is 6.30. The van der Waals surface area contributed by atoms with E-state index in [1.165, 1.54) is 0 Å². The van der Waals surface area contributed by atoms with E-state index in [1.54, 1.807) is 17.0 Å². The molecule has 2 amide bonds. The van der Waals surface area contributed by atoms with Gasteiger partial charge >= 0.3 is 12.0 Å². The van der Waals surface area contributed by atoms with Crippen molar-refractivity contribution >= 4 is 23.6 Å². The molecule has 1 heterocycles. The molecule has 1 aromatic carbocycles. The number of nitrogens with zero attached hydrogens (tertiary/aromatic N) is 1. The van der Waals surface area contributed by atoms with E-state index in [-0.39, 0.29) is 11.9 Å². The number of benzene rings is 1. The number of carboxylic acid groups (broad SMARTS) is 1. The molecule has 20 heavy (non-hydrogen) atoms. The minimum Gasteiger partial charge on any atom is -0.481 e. The molecule has 1 saturated heterocycles. The monoisotopic (exact) mass is 296 g/mol. The van der Waals surface area contributed by atoms with Crippen LogP contribution in [-0.2, 0) is 11.3 Å². The van der Waals surface area contributed by atoms with E-state index in [1.807, 2.05) is 12.1 Å². The van der Waals surface area contributed by atoms with Gasteiger partial charge in [-0.3, -0.25) is 4.79 Å². The largest absolute Gasteiger partial charge is 0.481 e. The molecule has 0 unspecified atom stereocenters. The molecule has 0 saturated carbocycles. The number of aliphatic carboxylic acids is 1. The lowest BCUT2D eigenvalue weighted by molar-refractivity contribution is -0.143. The van der Waals surface area contributed by atoms with Crippen molar-refractivity contribution in [3.63, 3.8) is 0 Å². The molecule has 0 bridgehead atoms. The molecule has 1 fully saturated rings. The summed E-state index contributed by atoms with van der Waals surface area (Å²) in [5.41, 5.74) is 0.975. The SMILES string of the molecule is O=C(O)C1CCN(C(=O)NCc2ccc(Cl)cc2)CC1. The number of amides is 2. The summed E-state index contributed by atoms with van der Waals surface area (Å²) in [6.45, 7) is 1.42. The zero-order valence-corrected chi connectivity index (χ0v) is 11.8. The van der Waals surface area contributed by atoms with E-state index in [0.717, 1.165) is 5.56 Å². The van der Waals surface area contributed by atoms with Gasteiger partial charge in [-0.1, -0.05) is 23.7 Å². The number of carboxylic acids is 1. The fourth-order valence-electron chi connectivity index (χ4n) is 2.22. The maximum atomic E-state index is 12.0. The van der Waals surface area contributed by atoms with Gasteiger partial charge in [0.15, 0.2) is 0 Å². The van der Waals surface area contributed by atoms with Crippen molar-refractivity contribution in [2.24, 2.45) is 5.92 Å². The molecule has 0 atom stereocenters. The van der Waals surface area contributed by atoms with Crippen LogP contribution in [-0.4, -0.2) is 35.1 Å². The lowest BCUT2D eigenvalue weighted by Gasteiger charge is -2.30. The van der Waals surface area contributed by atoms with E-state index in [2.05, 4.69) is 5.32 Å². The number of carbonyl (C=O) groups excluding carboxylic acids is 1. The number of halogens is 1. The predicted octanol–water partition coefficient (Wildman–Crippen LogP) is 2.35. The van der Waals surface area contributed by atoms with Crippen LogP contribution in [0.25, 0.3) is 0 Å². The Balaban J connectivity index is 1.78. The Morgan fingerprint density at radius 3 is 2.40 bits per heavy atom. The van der Waals surface area contributed by atoms with E-state index < -0.39 is 5.97 Å². The number of piperidine rings is 1. The smallest absolute Gasteiger partial charge is 0.317 e. The molecule has 0 radical (unpaired) electrons. The second-order valence-electron chi connectivity index (χ2n) is 4.88. The van der Waals surface area contributed by atoms with Crippen LogP contribution in [0.2, 0.25) is 5.02 Å². The molecule has 6 heteroatoms. The number of nitrogens with one attached hydrogen (secondary N) is 1.